The maximum atomic E-state index is 5.44. The predicted molar refractivity (Wildman–Crippen MR) is 86.2 cm³/mol. The number of methoxy groups -OCH3 is 2. The van der Waals surface area contributed by atoms with E-state index in [1.165, 1.54) is 24.8 Å². The average molecular weight is 292 g/mol. The lowest BCUT2D eigenvalue weighted by Crippen LogP contribution is -2.34. The molecular formula is C17H28N2O2. The van der Waals surface area contributed by atoms with Crippen LogP contribution < -0.4 is 14.8 Å². The number of likely N-dealkylation sites (tertiary alicyclic amines) is 1. The number of nitrogens with one attached hydrogen (secondary N) is 1. The summed E-state index contributed by atoms with van der Waals surface area (Å²) in [5, 5.41) is 3.35. The van der Waals surface area contributed by atoms with E-state index in [0.29, 0.717) is 12.0 Å². The lowest BCUT2D eigenvalue weighted by Gasteiger charge is -2.33. The minimum Gasteiger partial charge on any atom is -0.497 e. The first-order valence-electron chi connectivity index (χ1n) is 7.77. The molecule has 4 nitrogen and oxygen atoms in total. The Bertz CT molecular complexity index is 428. The summed E-state index contributed by atoms with van der Waals surface area (Å²) in [5.74, 6) is 2.34. The van der Waals surface area contributed by atoms with Gasteiger partial charge in [-0.05, 0) is 63.6 Å². The van der Waals surface area contributed by atoms with Crippen molar-refractivity contribution in [2.75, 3.05) is 41.4 Å². The number of ether oxygens (including phenoxy) is 2. The van der Waals surface area contributed by atoms with Crippen LogP contribution in [0.15, 0.2) is 18.2 Å². The lowest BCUT2D eigenvalue weighted by atomic mass is 9.89. The Morgan fingerprint density at radius 2 is 1.81 bits per heavy atom. The Morgan fingerprint density at radius 1 is 1.14 bits per heavy atom. The predicted octanol–water partition coefficient (Wildman–Crippen LogP) is 2.70. The van der Waals surface area contributed by atoms with E-state index < -0.39 is 0 Å². The highest BCUT2D eigenvalue weighted by atomic mass is 16.5. The first-order valence-corrected chi connectivity index (χ1v) is 7.77. The van der Waals surface area contributed by atoms with Crippen molar-refractivity contribution in [2.45, 2.75) is 25.3 Å². The van der Waals surface area contributed by atoms with Crippen LogP contribution in [0.4, 0.5) is 0 Å². The van der Waals surface area contributed by atoms with Crippen LogP contribution in [0, 0.1) is 5.92 Å². The third-order valence-corrected chi connectivity index (χ3v) is 4.44. The monoisotopic (exact) mass is 292 g/mol. The SMILES string of the molecule is CNCC1CCCCN(C)C1c1cc(OC)cc(OC)c1. The standard InChI is InChI=1S/C17H28N2O2/c1-18-12-13-7-5-6-8-19(2)17(13)14-9-15(20-3)11-16(10-14)21-4/h9-11,13,17-18H,5-8,12H2,1-4H3. The Balaban J connectivity index is 2.37. The molecule has 21 heavy (non-hydrogen) atoms. The van der Waals surface area contributed by atoms with E-state index in [2.05, 4.69) is 29.4 Å². The highest BCUT2D eigenvalue weighted by Gasteiger charge is 2.29. The zero-order chi connectivity index (χ0) is 15.2. The molecule has 1 N–H and O–H groups in total. The molecule has 0 radical (unpaired) electrons. The molecule has 0 bridgehead atoms. The van der Waals surface area contributed by atoms with Crippen molar-refractivity contribution in [1.29, 1.82) is 0 Å². The molecular weight excluding hydrogens is 264 g/mol. The number of hydrogen-bond donors (Lipinski definition) is 1. The zero-order valence-corrected chi connectivity index (χ0v) is 13.7. The van der Waals surface area contributed by atoms with E-state index in [1.54, 1.807) is 14.2 Å². The second-order valence-corrected chi connectivity index (χ2v) is 5.88. The van der Waals surface area contributed by atoms with Crippen molar-refractivity contribution >= 4 is 0 Å². The lowest BCUT2D eigenvalue weighted by molar-refractivity contribution is 0.190. The van der Waals surface area contributed by atoms with Crippen molar-refractivity contribution < 1.29 is 9.47 Å². The average Bonchev–Trinajstić information content (AvgIpc) is 2.68. The summed E-state index contributed by atoms with van der Waals surface area (Å²) in [4.78, 5) is 2.48. The molecule has 0 saturated carbocycles. The molecule has 1 aromatic rings. The molecule has 118 valence electrons. The van der Waals surface area contributed by atoms with Crippen LogP contribution in [-0.2, 0) is 0 Å². The van der Waals surface area contributed by atoms with Crippen molar-refractivity contribution in [3.05, 3.63) is 23.8 Å². The van der Waals surface area contributed by atoms with Gasteiger partial charge in [0.1, 0.15) is 11.5 Å². The topological polar surface area (TPSA) is 33.7 Å². The number of rotatable bonds is 5. The number of benzene rings is 1. The van der Waals surface area contributed by atoms with Gasteiger partial charge in [0.05, 0.1) is 14.2 Å². The third-order valence-electron chi connectivity index (χ3n) is 4.44. The van der Waals surface area contributed by atoms with E-state index in [4.69, 9.17) is 9.47 Å². The summed E-state index contributed by atoms with van der Waals surface area (Å²) in [6.45, 7) is 2.18. The molecule has 1 heterocycles. The van der Waals surface area contributed by atoms with Crippen LogP contribution in [0.3, 0.4) is 0 Å². The summed E-state index contributed by atoms with van der Waals surface area (Å²) in [5.41, 5.74) is 1.29. The van der Waals surface area contributed by atoms with E-state index in [0.717, 1.165) is 24.6 Å². The molecule has 2 unspecified atom stereocenters. The van der Waals surface area contributed by atoms with Gasteiger partial charge < -0.3 is 14.8 Å². The first kappa shape index (κ1) is 16.1. The van der Waals surface area contributed by atoms with Gasteiger partial charge in [0.2, 0.25) is 0 Å². The molecule has 2 atom stereocenters. The molecule has 2 rings (SSSR count). The van der Waals surface area contributed by atoms with Crippen LogP contribution in [0.1, 0.15) is 30.9 Å². The van der Waals surface area contributed by atoms with Crippen molar-refractivity contribution in [3.8, 4) is 11.5 Å². The van der Waals surface area contributed by atoms with Gasteiger partial charge in [-0.3, -0.25) is 4.90 Å². The third kappa shape index (κ3) is 3.89. The van der Waals surface area contributed by atoms with Gasteiger partial charge in [0.15, 0.2) is 0 Å². The molecule has 0 spiro atoms. The Labute approximate surface area is 128 Å². The van der Waals surface area contributed by atoms with Gasteiger partial charge in [-0.25, -0.2) is 0 Å². The van der Waals surface area contributed by atoms with Gasteiger partial charge in [0.25, 0.3) is 0 Å². The van der Waals surface area contributed by atoms with Gasteiger partial charge >= 0.3 is 0 Å². The van der Waals surface area contributed by atoms with E-state index in [-0.39, 0.29) is 0 Å². The zero-order valence-electron chi connectivity index (χ0n) is 13.7. The van der Waals surface area contributed by atoms with Crippen molar-refractivity contribution in [3.63, 3.8) is 0 Å². The fraction of sp³-hybridized carbons (Fsp3) is 0.647. The second kappa shape index (κ2) is 7.66. The first-order chi connectivity index (χ1) is 10.2. The number of hydrogen-bond acceptors (Lipinski definition) is 4. The molecule has 1 fully saturated rings. The summed E-state index contributed by atoms with van der Waals surface area (Å²) in [6, 6.07) is 6.65. The molecule has 1 saturated heterocycles. The Morgan fingerprint density at radius 3 is 2.38 bits per heavy atom. The molecule has 4 heteroatoms. The van der Waals surface area contributed by atoms with Crippen molar-refractivity contribution in [2.24, 2.45) is 5.92 Å². The fourth-order valence-corrected chi connectivity index (χ4v) is 3.43. The fourth-order valence-electron chi connectivity index (χ4n) is 3.43. The molecule has 1 aromatic carbocycles. The quantitative estimate of drug-likeness (QED) is 0.905. The maximum Gasteiger partial charge on any atom is 0.122 e. The molecule has 0 amide bonds. The maximum absolute atomic E-state index is 5.44. The Hall–Kier alpha value is -1.26. The summed E-state index contributed by atoms with van der Waals surface area (Å²) in [7, 11) is 7.68. The highest BCUT2D eigenvalue weighted by Crippen LogP contribution is 2.37. The summed E-state index contributed by atoms with van der Waals surface area (Å²) < 4.78 is 10.9. The minimum atomic E-state index is 0.406. The smallest absolute Gasteiger partial charge is 0.122 e. The van der Waals surface area contributed by atoms with E-state index in [1.807, 2.05) is 13.1 Å². The molecule has 0 aromatic heterocycles. The van der Waals surface area contributed by atoms with Gasteiger partial charge in [-0.1, -0.05) is 6.42 Å². The molecule has 1 aliphatic heterocycles. The van der Waals surface area contributed by atoms with Crippen LogP contribution >= 0.6 is 0 Å². The summed E-state index contributed by atoms with van der Waals surface area (Å²) in [6.07, 6.45) is 3.83. The van der Waals surface area contributed by atoms with Crippen LogP contribution in [0.25, 0.3) is 0 Å². The van der Waals surface area contributed by atoms with Gasteiger partial charge in [-0.2, -0.15) is 0 Å². The van der Waals surface area contributed by atoms with Crippen LogP contribution in [0.2, 0.25) is 0 Å². The minimum absolute atomic E-state index is 0.406. The molecule has 1 aliphatic rings. The Kier molecular flexibility index (Phi) is 5.88. The van der Waals surface area contributed by atoms with Gasteiger partial charge in [0, 0.05) is 12.1 Å². The van der Waals surface area contributed by atoms with Crippen LogP contribution in [0.5, 0.6) is 11.5 Å². The largest absolute Gasteiger partial charge is 0.497 e. The van der Waals surface area contributed by atoms with Crippen molar-refractivity contribution in [1.82, 2.24) is 10.2 Å². The molecule has 0 aliphatic carbocycles. The van der Waals surface area contributed by atoms with E-state index >= 15 is 0 Å². The van der Waals surface area contributed by atoms with E-state index in [9.17, 15) is 0 Å². The van der Waals surface area contributed by atoms with Gasteiger partial charge in [-0.15, -0.1) is 0 Å². The number of nitrogens with zero attached hydrogens (tertiary/aromatic N) is 1. The normalized spacial score (nSPS) is 23.6. The summed E-state index contributed by atoms with van der Waals surface area (Å²) >= 11 is 0. The second-order valence-electron chi connectivity index (χ2n) is 5.88. The van der Waals surface area contributed by atoms with Crippen LogP contribution in [-0.4, -0.2) is 46.3 Å². The highest BCUT2D eigenvalue weighted by molar-refractivity contribution is 5.40.